The molecule has 190 valence electrons. The Morgan fingerprint density at radius 2 is 1.88 bits per heavy atom. The predicted molar refractivity (Wildman–Crippen MR) is 122 cm³/mol. The van der Waals surface area contributed by atoms with Crippen LogP contribution in [0.25, 0.3) is 0 Å². The second-order valence-electron chi connectivity index (χ2n) is 8.81. The molecule has 0 bridgehead atoms. The van der Waals surface area contributed by atoms with Gasteiger partial charge in [-0.1, -0.05) is 20.8 Å². The van der Waals surface area contributed by atoms with E-state index in [1.54, 1.807) is 0 Å². The smallest absolute Gasteiger partial charge is 0.234 e. The van der Waals surface area contributed by atoms with Crippen molar-refractivity contribution >= 4 is 21.8 Å². The summed E-state index contributed by atoms with van der Waals surface area (Å²) in [6, 6.07) is 0. The first-order valence-corrected chi connectivity index (χ1v) is 12.9. The summed E-state index contributed by atoms with van der Waals surface area (Å²) in [5.41, 5.74) is -0.165. The molecule has 1 unspecified atom stereocenters. The average Bonchev–Trinajstić information content (AvgIpc) is 3.18. The molecule has 1 aromatic heterocycles. The number of carbonyl (C=O) groups excluding carboxylic acids is 2. The summed E-state index contributed by atoms with van der Waals surface area (Å²) >= 11 is 0. The molecule has 12 nitrogen and oxygen atoms in total. The minimum Gasteiger partial charge on any atom is -0.379 e. The SMILES string of the molecule is CCOCCOCCNC(=O)CCCS(=O)(=O)NC(=O)CC(C)CC(C)(C)Cc1nnn[nH]1. The summed E-state index contributed by atoms with van der Waals surface area (Å²) in [4.78, 5) is 24.0. The molecule has 0 aliphatic heterocycles. The van der Waals surface area contributed by atoms with Gasteiger partial charge in [-0.3, -0.25) is 14.3 Å². The predicted octanol–water partition coefficient (Wildman–Crippen LogP) is 0.580. The van der Waals surface area contributed by atoms with E-state index in [4.69, 9.17) is 9.47 Å². The van der Waals surface area contributed by atoms with Crippen molar-refractivity contribution in [3.63, 3.8) is 0 Å². The maximum atomic E-state index is 12.2. The zero-order chi connectivity index (χ0) is 24.7. The fourth-order valence-corrected chi connectivity index (χ4v) is 4.57. The van der Waals surface area contributed by atoms with Gasteiger partial charge in [0.15, 0.2) is 0 Å². The monoisotopic (exact) mass is 490 g/mol. The number of sulfonamides is 1. The van der Waals surface area contributed by atoms with Gasteiger partial charge in [0.1, 0.15) is 5.82 Å². The third kappa shape index (κ3) is 14.6. The lowest BCUT2D eigenvalue weighted by molar-refractivity contribution is -0.121. The second-order valence-corrected chi connectivity index (χ2v) is 10.7. The Morgan fingerprint density at radius 1 is 1.15 bits per heavy atom. The highest BCUT2D eigenvalue weighted by atomic mass is 32.2. The number of hydrogen-bond acceptors (Lipinski definition) is 9. The van der Waals surface area contributed by atoms with Crippen molar-refractivity contribution in [2.75, 3.05) is 38.7 Å². The number of tetrazole rings is 1. The Hall–Kier alpha value is -2.12. The Bertz CT molecular complexity index is 800. The van der Waals surface area contributed by atoms with E-state index < -0.39 is 15.9 Å². The van der Waals surface area contributed by atoms with Crippen LogP contribution in [0.2, 0.25) is 0 Å². The number of ether oxygens (including phenoxy) is 2. The first kappa shape index (κ1) is 28.9. The maximum absolute atomic E-state index is 12.2. The number of hydrogen-bond donors (Lipinski definition) is 3. The van der Waals surface area contributed by atoms with Crippen LogP contribution in [0.4, 0.5) is 0 Å². The van der Waals surface area contributed by atoms with E-state index in [1.807, 2.05) is 27.7 Å². The summed E-state index contributed by atoms with van der Waals surface area (Å²) in [6.07, 6.45) is 1.56. The molecule has 0 radical (unpaired) electrons. The number of H-pyrrole nitrogens is 1. The molecule has 0 fully saturated rings. The fourth-order valence-electron chi connectivity index (χ4n) is 3.52. The molecule has 2 amide bonds. The standard InChI is InChI=1S/C20H38N6O6S/c1-5-31-10-11-32-9-8-21-18(27)7-6-12-33(29,30)24-19(28)13-16(2)14-20(3,4)15-17-22-25-26-23-17/h16H,5-15H2,1-4H3,(H,21,27)(H,24,28)(H,22,23,25,26). The summed E-state index contributed by atoms with van der Waals surface area (Å²) < 4.78 is 36.8. The van der Waals surface area contributed by atoms with Crippen LogP contribution in [0.1, 0.15) is 59.2 Å². The lowest BCUT2D eigenvalue weighted by Gasteiger charge is -2.26. The van der Waals surface area contributed by atoms with Gasteiger partial charge in [-0.15, -0.1) is 5.10 Å². The first-order chi connectivity index (χ1) is 15.5. The van der Waals surface area contributed by atoms with Crippen LogP contribution in [-0.2, 0) is 35.5 Å². The molecule has 1 rings (SSSR count). The van der Waals surface area contributed by atoms with Gasteiger partial charge in [0.25, 0.3) is 0 Å². The molecule has 1 heterocycles. The number of amides is 2. The van der Waals surface area contributed by atoms with Gasteiger partial charge in [-0.25, -0.2) is 13.5 Å². The molecule has 1 atom stereocenters. The van der Waals surface area contributed by atoms with Gasteiger partial charge in [-0.2, -0.15) is 0 Å². The quantitative estimate of drug-likeness (QED) is 0.249. The van der Waals surface area contributed by atoms with Gasteiger partial charge < -0.3 is 14.8 Å². The van der Waals surface area contributed by atoms with Crippen molar-refractivity contribution < 1.29 is 27.5 Å². The molecule has 0 saturated carbocycles. The first-order valence-electron chi connectivity index (χ1n) is 11.2. The summed E-state index contributed by atoms with van der Waals surface area (Å²) in [5, 5.41) is 16.4. The molecule has 3 N–H and O–H groups in total. The van der Waals surface area contributed by atoms with Gasteiger partial charge in [0.2, 0.25) is 21.8 Å². The number of aromatic nitrogens is 4. The zero-order valence-corrected chi connectivity index (χ0v) is 20.9. The lowest BCUT2D eigenvalue weighted by Crippen LogP contribution is -2.34. The molecule has 0 aliphatic rings. The second kappa shape index (κ2) is 14.9. The topological polar surface area (TPSA) is 165 Å². The van der Waals surface area contributed by atoms with Crippen LogP contribution < -0.4 is 10.0 Å². The van der Waals surface area contributed by atoms with Crippen molar-refractivity contribution in [3.05, 3.63) is 5.82 Å². The summed E-state index contributed by atoms with van der Waals surface area (Å²) in [7, 11) is -3.79. The van der Waals surface area contributed by atoms with Crippen LogP contribution in [0, 0.1) is 11.3 Å². The highest BCUT2D eigenvalue weighted by Gasteiger charge is 2.25. The van der Waals surface area contributed by atoms with Gasteiger partial charge in [0.05, 0.1) is 25.6 Å². The van der Waals surface area contributed by atoms with E-state index in [9.17, 15) is 18.0 Å². The minimum atomic E-state index is -3.79. The molecule has 0 saturated heterocycles. The molecular formula is C20H38N6O6S. The van der Waals surface area contributed by atoms with E-state index in [1.165, 1.54) is 0 Å². The number of carbonyl (C=O) groups is 2. The largest absolute Gasteiger partial charge is 0.379 e. The lowest BCUT2D eigenvalue weighted by atomic mass is 9.79. The molecule has 0 spiro atoms. The molecule has 0 aliphatic carbocycles. The molecular weight excluding hydrogens is 452 g/mol. The summed E-state index contributed by atoms with van der Waals surface area (Å²) in [6.45, 7) is 10.2. The Labute approximate surface area is 196 Å². The van der Waals surface area contributed by atoms with Crippen molar-refractivity contribution in [2.45, 2.75) is 59.8 Å². The highest BCUT2D eigenvalue weighted by Crippen LogP contribution is 2.29. The number of nitrogens with one attached hydrogen (secondary N) is 3. The van der Waals surface area contributed by atoms with E-state index in [2.05, 4.69) is 30.7 Å². The van der Waals surface area contributed by atoms with E-state index in [0.717, 1.165) is 0 Å². The fraction of sp³-hybridized carbons (Fsp3) is 0.850. The van der Waals surface area contributed by atoms with Crippen LogP contribution in [0.15, 0.2) is 0 Å². The van der Waals surface area contributed by atoms with Crippen molar-refractivity contribution in [3.8, 4) is 0 Å². The Balaban J connectivity index is 2.23. The van der Waals surface area contributed by atoms with Gasteiger partial charge >= 0.3 is 0 Å². The van der Waals surface area contributed by atoms with E-state index >= 15 is 0 Å². The number of rotatable bonds is 18. The normalized spacial score (nSPS) is 13.0. The van der Waals surface area contributed by atoms with Gasteiger partial charge in [0, 0.05) is 32.4 Å². The Kier molecular flexibility index (Phi) is 13.1. The van der Waals surface area contributed by atoms with Crippen LogP contribution in [0.5, 0.6) is 0 Å². The molecule has 1 aromatic rings. The van der Waals surface area contributed by atoms with Gasteiger partial charge in [-0.05, 0) is 41.5 Å². The molecule has 33 heavy (non-hydrogen) atoms. The molecule has 0 aromatic carbocycles. The van der Waals surface area contributed by atoms with Crippen molar-refractivity contribution in [2.24, 2.45) is 11.3 Å². The molecule has 13 heteroatoms. The maximum Gasteiger partial charge on any atom is 0.234 e. The van der Waals surface area contributed by atoms with Crippen LogP contribution in [-0.4, -0.2) is 79.6 Å². The van der Waals surface area contributed by atoms with Crippen molar-refractivity contribution in [1.29, 1.82) is 0 Å². The van der Waals surface area contributed by atoms with Crippen LogP contribution in [0.3, 0.4) is 0 Å². The average molecular weight is 491 g/mol. The minimum absolute atomic E-state index is 0.0346. The van der Waals surface area contributed by atoms with Crippen molar-refractivity contribution in [1.82, 2.24) is 30.7 Å². The number of nitrogens with zero attached hydrogens (tertiary/aromatic N) is 3. The van der Waals surface area contributed by atoms with E-state index in [0.29, 0.717) is 51.6 Å². The van der Waals surface area contributed by atoms with Crippen LogP contribution >= 0.6 is 0 Å². The summed E-state index contributed by atoms with van der Waals surface area (Å²) in [5.74, 6) is -0.476. The number of aromatic amines is 1. The Morgan fingerprint density at radius 3 is 2.55 bits per heavy atom. The van der Waals surface area contributed by atoms with E-state index in [-0.39, 0.29) is 42.3 Å². The third-order valence-corrected chi connectivity index (χ3v) is 6.07. The highest BCUT2D eigenvalue weighted by molar-refractivity contribution is 7.90. The third-order valence-electron chi connectivity index (χ3n) is 4.70. The zero-order valence-electron chi connectivity index (χ0n) is 20.1.